The average Bonchev–Trinajstić information content (AvgIpc) is 2.47. The van der Waals surface area contributed by atoms with Crippen molar-refractivity contribution in [2.75, 3.05) is 0 Å². The molecule has 18 heavy (non-hydrogen) atoms. The summed E-state index contributed by atoms with van der Waals surface area (Å²) in [5.74, 6) is 0.940. The quantitative estimate of drug-likeness (QED) is 0.874. The fraction of sp³-hybridized carbons (Fsp3) is 0.714. The van der Waals surface area contributed by atoms with E-state index in [1.807, 2.05) is 19.3 Å². The van der Waals surface area contributed by atoms with Gasteiger partial charge in [0, 0.05) is 18.3 Å². The van der Waals surface area contributed by atoms with Gasteiger partial charge in [-0.3, -0.25) is 0 Å². The fourth-order valence-electron chi connectivity index (χ4n) is 2.92. The van der Waals surface area contributed by atoms with Gasteiger partial charge in [-0.1, -0.05) is 0 Å². The van der Waals surface area contributed by atoms with Crippen LogP contribution in [0.5, 0.6) is 0 Å². The number of aryl methyl sites for hydroxylation is 1. The molecule has 2 unspecified atom stereocenters. The Bertz CT molecular complexity index is 425. The highest BCUT2D eigenvalue weighted by atomic mass is 16.5. The smallest absolute Gasteiger partial charge is 0.145 e. The van der Waals surface area contributed by atoms with Gasteiger partial charge in [-0.2, -0.15) is 0 Å². The number of nitrogens with two attached hydrogens (primary N) is 1. The molecule has 1 aliphatic heterocycles. The standard InChI is InChI=1S/C14H23N3O/c1-9-7-16-12(17-8-9)11(15)10-6-13(2,3)18-14(10,4)5/h7-8,10-11H,6,15H2,1-5H3. The zero-order valence-corrected chi connectivity index (χ0v) is 11.9. The lowest BCUT2D eigenvalue weighted by molar-refractivity contribution is -0.0769. The van der Waals surface area contributed by atoms with Crippen LogP contribution in [0.25, 0.3) is 0 Å². The van der Waals surface area contributed by atoms with Crippen molar-refractivity contribution in [2.24, 2.45) is 11.7 Å². The lowest BCUT2D eigenvalue weighted by atomic mass is 9.81. The highest BCUT2D eigenvalue weighted by Gasteiger charge is 2.49. The molecule has 0 bridgehead atoms. The third-order valence-electron chi connectivity index (χ3n) is 3.68. The number of aromatic nitrogens is 2. The molecule has 0 radical (unpaired) electrons. The molecule has 1 aromatic heterocycles. The maximum absolute atomic E-state index is 6.34. The molecule has 2 rings (SSSR count). The second kappa shape index (κ2) is 4.28. The van der Waals surface area contributed by atoms with Crippen molar-refractivity contribution in [3.63, 3.8) is 0 Å². The molecule has 2 N–H and O–H groups in total. The molecule has 1 aromatic rings. The van der Waals surface area contributed by atoms with E-state index in [-0.39, 0.29) is 23.2 Å². The first-order chi connectivity index (χ1) is 8.21. The summed E-state index contributed by atoms with van der Waals surface area (Å²) in [6.45, 7) is 10.4. The highest BCUT2D eigenvalue weighted by Crippen LogP contribution is 2.46. The number of nitrogens with zero attached hydrogens (tertiary/aromatic N) is 2. The predicted molar refractivity (Wildman–Crippen MR) is 71.0 cm³/mol. The molecule has 4 nitrogen and oxygen atoms in total. The molecule has 0 aliphatic carbocycles. The zero-order chi connectivity index (χ0) is 13.6. The molecule has 0 spiro atoms. The SMILES string of the molecule is Cc1cnc(C(N)C2CC(C)(C)OC2(C)C)nc1. The Morgan fingerprint density at radius 3 is 2.28 bits per heavy atom. The molecule has 0 aromatic carbocycles. The van der Waals surface area contributed by atoms with Crippen LogP contribution in [-0.4, -0.2) is 21.2 Å². The first kappa shape index (κ1) is 13.4. The van der Waals surface area contributed by atoms with Crippen molar-refractivity contribution in [1.82, 2.24) is 9.97 Å². The largest absolute Gasteiger partial charge is 0.369 e. The van der Waals surface area contributed by atoms with E-state index in [0.29, 0.717) is 5.82 Å². The monoisotopic (exact) mass is 249 g/mol. The van der Waals surface area contributed by atoms with Crippen LogP contribution in [0.15, 0.2) is 12.4 Å². The van der Waals surface area contributed by atoms with Crippen LogP contribution in [0.1, 0.15) is 51.5 Å². The fourth-order valence-corrected chi connectivity index (χ4v) is 2.92. The minimum absolute atomic E-state index is 0.128. The normalized spacial score (nSPS) is 27.1. The summed E-state index contributed by atoms with van der Waals surface area (Å²) >= 11 is 0. The van der Waals surface area contributed by atoms with E-state index in [9.17, 15) is 0 Å². The Hall–Kier alpha value is -1.00. The maximum atomic E-state index is 6.34. The molecule has 2 atom stereocenters. The zero-order valence-electron chi connectivity index (χ0n) is 11.9. The van der Waals surface area contributed by atoms with Gasteiger partial charge in [0.2, 0.25) is 0 Å². The van der Waals surface area contributed by atoms with Gasteiger partial charge in [-0.05, 0) is 46.6 Å². The van der Waals surface area contributed by atoms with Crippen molar-refractivity contribution in [3.05, 3.63) is 23.8 Å². The van der Waals surface area contributed by atoms with E-state index < -0.39 is 0 Å². The maximum Gasteiger partial charge on any atom is 0.145 e. The molecule has 1 saturated heterocycles. The van der Waals surface area contributed by atoms with Crippen molar-refractivity contribution < 1.29 is 4.74 Å². The Kier molecular flexibility index (Phi) is 3.19. The van der Waals surface area contributed by atoms with Crippen LogP contribution in [0.3, 0.4) is 0 Å². The molecule has 100 valence electrons. The summed E-state index contributed by atoms with van der Waals surface area (Å²) in [7, 11) is 0. The van der Waals surface area contributed by atoms with Crippen LogP contribution in [0, 0.1) is 12.8 Å². The minimum Gasteiger partial charge on any atom is -0.369 e. The van der Waals surface area contributed by atoms with Crippen LogP contribution in [-0.2, 0) is 4.74 Å². The van der Waals surface area contributed by atoms with E-state index in [4.69, 9.17) is 10.5 Å². The van der Waals surface area contributed by atoms with Gasteiger partial charge in [0.05, 0.1) is 17.2 Å². The second-order valence-electron chi connectivity index (χ2n) is 6.42. The van der Waals surface area contributed by atoms with Gasteiger partial charge in [0.1, 0.15) is 5.82 Å². The number of ether oxygens (including phenoxy) is 1. The molecule has 0 amide bonds. The van der Waals surface area contributed by atoms with Crippen molar-refractivity contribution in [1.29, 1.82) is 0 Å². The van der Waals surface area contributed by atoms with Crippen molar-refractivity contribution in [2.45, 2.75) is 58.3 Å². The summed E-state index contributed by atoms with van der Waals surface area (Å²) in [5, 5.41) is 0. The van der Waals surface area contributed by atoms with Crippen LogP contribution >= 0.6 is 0 Å². The molecular formula is C14H23N3O. The van der Waals surface area contributed by atoms with Gasteiger partial charge in [-0.15, -0.1) is 0 Å². The Morgan fingerprint density at radius 2 is 1.83 bits per heavy atom. The molecule has 0 saturated carbocycles. The summed E-state index contributed by atoms with van der Waals surface area (Å²) < 4.78 is 6.08. The Labute approximate surface area is 109 Å². The Balaban J connectivity index is 2.23. The Morgan fingerprint density at radius 1 is 1.28 bits per heavy atom. The van der Waals surface area contributed by atoms with Crippen molar-refractivity contribution in [3.8, 4) is 0 Å². The lowest BCUT2D eigenvalue weighted by Gasteiger charge is -2.30. The van der Waals surface area contributed by atoms with Crippen LogP contribution in [0.2, 0.25) is 0 Å². The molecule has 4 heteroatoms. The van der Waals surface area contributed by atoms with E-state index >= 15 is 0 Å². The lowest BCUT2D eigenvalue weighted by Crippen LogP contribution is -2.36. The number of rotatable bonds is 2. The second-order valence-corrected chi connectivity index (χ2v) is 6.42. The van der Waals surface area contributed by atoms with Gasteiger partial charge in [-0.25, -0.2) is 9.97 Å². The van der Waals surface area contributed by atoms with Crippen LogP contribution in [0.4, 0.5) is 0 Å². The van der Waals surface area contributed by atoms with E-state index in [2.05, 4.69) is 37.7 Å². The van der Waals surface area contributed by atoms with Gasteiger partial charge in [0.25, 0.3) is 0 Å². The molecule has 1 fully saturated rings. The topological polar surface area (TPSA) is 61.0 Å². The molecule has 1 aliphatic rings. The summed E-state index contributed by atoms with van der Waals surface area (Å²) in [5.41, 5.74) is 7.02. The summed E-state index contributed by atoms with van der Waals surface area (Å²) in [4.78, 5) is 8.69. The molecule has 2 heterocycles. The molecular weight excluding hydrogens is 226 g/mol. The van der Waals surface area contributed by atoms with Gasteiger partial charge in [0.15, 0.2) is 0 Å². The van der Waals surface area contributed by atoms with Gasteiger partial charge >= 0.3 is 0 Å². The summed E-state index contributed by atoms with van der Waals surface area (Å²) in [6, 6.07) is -0.178. The first-order valence-corrected chi connectivity index (χ1v) is 6.46. The van der Waals surface area contributed by atoms with Gasteiger partial charge < -0.3 is 10.5 Å². The predicted octanol–water partition coefficient (Wildman–Crippen LogP) is 2.38. The van der Waals surface area contributed by atoms with E-state index in [0.717, 1.165) is 12.0 Å². The summed E-state index contributed by atoms with van der Waals surface area (Å²) in [6.07, 6.45) is 4.56. The highest BCUT2D eigenvalue weighted by molar-refractivity contribution is 5.09. The number of hydrogen-bond acceptors (Lipinski definition) is 4. The third kappa shape index (κ3) is 2.54. The average molecular weight is 249 g/mol. The van der Waals surface area contributed by atoms with E-state index in [1.165, 1.54) is 0 Å². The van der Waals surface area contributed by atoms with Crippen LogP contribution < -0.4 is 5.73 Å². The number of hydrogen-bond donors (Lipinski definition) is 1. The first-order valence-electron chi connectivity index (χ1n) is 6.46. The van der Waals surface area contributed by atoms with Crippen molar-refractivity contribution >= 4 is 0 Å². The van der Waals surface area contributed by atoms with E-state index in [1.54, 1.807) is 0 Å². The minimum atomic E-state index is -0.239. The third-order valence-corrected chi connectivity index (χ3v) is 3.68.